The summed E-state index contributed by atoms with van der Waals surface area (Å²) in [6.45, 7) is 5.64. The summed E-state index contributed by atoms with van der Waals surface area (Å²) in [5.74, 6) is 2.82. The van der Waals surface area contributed by atoms with E-state index in [4.69, 9.17) is 5.73 Å². The van der Waals surface area contributed by atoms with Gasteiger partial charge in [-0.2, -0.15) is 0 Å². The van der Waals surface area contributed by atoms with Crippen LogP contribution in [0.15, 0.2) is 0 Å². The zero-order valence-electron chi connectivity index (χ0n) is 7.84. The van der Waals surface area contributed by atoms with E-state index < -0.39 is 0 Å². The Morgan fingerprint density at radius 1 is 1.18 bits per heavy atom. The van der Waals surface area contributed by atoms with Crippen molar-refractivity contribution in [1.82, 2.24) is 0 Å². The van der Waals surface area contributed by atoms with E-state index in [1.54, 1.807) is 0 Å². The molecule has 1 nitrogen and oxygen atoms in total. The Bertz CT molecular complexity index is 111. The maximum absolute atomic E-state index is 5.54. The Morgan fingerprint density at radius 2 is 1.91 bits per heavy atom. The second kappa shape index (κ2) is 4.10. The zero-order chi connectivity index (χ0) is 8.27. The molecular weight excluding hydrogens is 134 g/mol. The first-order chi connectivity index (χ1) is 5.24. The largest absolute Gasteiger partial charge is 0.330 e. The van der Waals surface area contributed by atoms with Gasteiger partial charge in [0.2, 0.25) is 0 Å². The van der Waals surface area contributed by atoms with Crippen LogP contribution in [0.4, 0.5) is 0 Å². The van der Waals surface area contributed by atoms with Crippen LogP contribution in [0.5, 0.6) is 0 Å². The SMILES string of the molecule is CC1CCC(CCN)CC1C. The maximum Gasteiger partial charge on any atom is -0.00746 e. The molecule has 0 bridgehead atoms. The highest BCUT2D eigenvalue weighted by Gasteiger charge is 2.23. The second-order valence-electron chi connectivity index (χ2n) is 4.21. The highest BCUT2D eigenvalue weighted by atomic mass is 14.5. The molecule has 0 heterocycles. The lowest BCUT2D eigenvalue weighted by atomic mass is 9.75. The van der Waals surface area contributed by atoms with Crippen molar-refractivity contribution in [3.63, 3.8) is 0 Å². The van der Waals surface area contributed by atoms with E-state index in [1.807, 2.05) is 0 Å². The molecule has 1 fully saturated rings. The van der Waals surface area contributed by atoms with Crippen molar-refractivity contribution in [2.45, 2.75) is 39.5 Å². The van der Waals surface area contributed by atoms with Crippen molar-refractivity contribution in [3.05, 3.63) is 0 Å². The van der Waals surface area contributed by atoms with Gasteiger partial charge in [0.1, 0.15) is 0 Å². The predicted molar refractivity (Wildman–Crippen MR) is 49.3 cm³/mol. The van der Waals surface area contributed by atoms with Crippen LogP contribution in [0.2, 0.25) is 0 Å². The molecule has 3 unspecified atom stereocenters. The third kappa shape index (κ3) is 2.48. The number of hydrogen-bond donors (Lipinski definition) is 1. The Balaban J connectivity index is 2.28. The third-order valence-corrected chi connectivity index (χ3v) is 3.28. The zero-order valence-corrected chi connectivity index (χ0v) is 7.84. The molecule has 1 saturated carbocycles. The number of nitrogens with two attached hydrogens (primary N) is 1. The van der Waals surface area contributed by atoms with Gasteiger partial charge in [-0.15, -0.1) is 0 Å². The van der Waals surface area contributed by atoms with Gasteiger partial charge in [0.15, 0.2) is 0 Å². The van der Waals surface area contributed by atoms with Crippen LogP contribution in [0.1, 0.15) is 39.5 Å². The van der Waals surface area contributed by atoms with Gasteiger partial charge in [-0.25, -0.2) is 0 Å². The molecule has 66 valence electrons. The second-order valence-corrected chi connectivity index (χ2v) is 4.21. The predicted octanol–water partition coefficient (Wildman–Crippen LogP) is 2.41. The highest BCUT2D eigenvalue weighted by Crippen LogP contribution is 2.34. The molecule has 11 heavy (non-hydrogen) atoms. The van der Waals surface area contributed by atoms with Crippen molar-refractivity contribution in [3.8, 4) is 0 Å². The van der Waals surface area contributed by atoms with Crippen molar-refractivity contribution >= 4 is 0 Å². The Kier molecular flexibility index (Phi) is 3.38. The minimum Gasteiger partial charge on any atom is -0.330 e. The molecular formula is C10H21N. The normalized spacial score (nSPS) is 39.0. The number of rotatable bonds is 2. The summed E-state index contributed by atoms with van der Waals surface area (Å²) in [6.07, 6.45) is 5.50. The number of hydrogen-bond acceptors (Lipinski definition) is 1. The minimum absolute atomic E-state index is 0.881. The lowest BCUT2D eigenvalue weighted by molar-refractivity contribution is 0.202. The summed E-state index contributed by atoms with van der Waals surface area (Å²) < 4.78 is 0. The van der Waals surface area contributed by atoms with E-state index in [9.17, 15) is 0 Å². The standard InChI is InChI=1S/C10H21N/c1-8-3-4-10(5-6-11)7-9(8)2/h8-10H,3-7,11H2,1-2H3. The molecule has 0 radical (unpaired) electrons. The fraction of sp³-hybridized carbons (Fsp3) is 1.00. The summed E-state index contributed by atoms with van der Waals surface area (Å²) in [6, 6.07) is 0. The first-order valence-corrected chi connectivity index (χ1v) is 4.94. The van der Waals surface area contributed by atoms with Crippen LogP contribution in [0.25, 0.3) is 0 Å². The summed E-state index contributed by atoms with van der Waals surface area (Å²) in [5.41, 5.74) is 5.54. The molecule has 3 atom stereocenters. The molecule has 0 amide bonds. The molecule has 0 aromatic heterocycles. The van der Waals surface area contributed by atoms with Crippen molar-refractivity contribution in [2.24, 2.45) is 23.5 Å². The minimum atomic E-state index is 0.881. The van der Waals surface area contributed by atoms with E-state index in [0.717, 1.165) is 24.3 Å². The van der Waals surface area contributed by atoms with Crippen molar-refractivity contribution in [1.29, 1.82) is 0 Å². The Hall–Kier alpha value is -0.0400. The quantitative estimate of drug-likeness (QED) is 0.651. The maximum atomic E-state index is 5.54. The first-order valence-electron chi connectivity index (χ1n) is 4.94. The van der Waals surface area contributed by atoms with Gasteiger partial charge < -0.3 is 5.73 Å². The van der Waals surface area contributed by atoms with E-state index in [2.05, 4.69) is 13.8 Å². The van der Waals surface area contributed by atoms with Gasteiger partial charge in [-0.05, 0) is 37.1 Å². The first kappa shape index (κ1) is 9.05. The Morgan fingerprint density at radius 3 is 2.45 bits per heavy atom. The van der Waals surface area contributed by atoms with Gasteiger partial charge in [0.25, 0.3) is 0 Å². The van der Waals surface area contributed by atoms with E-state index >= 15 is 0 Å². The smallest absolute Gasteiger partial charge is 0.00746 e. The fourth-order valence-electron chi connectivity index (χ4n) is 2.16. The van der Waals surface area contributed by atoms with E-state index in [1.165, 1.54) is 25.7 Å². The average molecular weight is 155 g/mol. The summed E-state index contributed by atoms with van der Waals surface area (Å²) in [4.78, 5) is 0. The van der Waals surface area contributed by atoms with E-state index in [-0.39, 0.29) is 0 Å². The Labute approximate surface area is 70.4 Å². The molecule has 0 aromatic rings. The average Bonchev–Trinajstić information content (AvgIpc) is 1.98. The third-order valence-electron chi connectivity index (χ3n) is 3.28. The topological polar surface area (TPSA) is 26.0 Å². The van der Waals surface area contributed by atoms with Crippen LogP contribution in [-0.4, -0.2) is 6.54 Å². The van der Waals surface area contributed by atoms with Crippen LogP contribution in [-0.2, 0) is 0 Å². The molecule has 1 heteroatoms. The van der Waals surface area contributed by atoms with Gasteiger partial charge >= 0.3 is 0 Å². The van der Waals surface area contributed by atoms with Gasteiger partial charge in [-0.1, -0.05) is 26.7 Å². The summed E-state index contributed by atoms with van der Waals surface area (Å²) in [7, 11) is 0. The molecule has 0 saturated heterocycles. The molecule has 0 aromatic carbocycles. The lowest BCUT2D eigenvalue weighted by Gasteiger charge is -2.31. The molecule has 0 aliphatic heterocycles. The van der Waals surface area contributed by atoms with Crippen LogP contribution in [0, 0.1) is 17.8 Å². The monoisotopic (exact) mass is 155 g/mol. The van der Waals surface area contributed by atoms with E-state index in [0.29, 0.717) is 0 Å². The summed E-state index contributed by atoms with van der Waals surface area (Å²) >= 11 is 0. The van der Waals surface area contributed by atoms with Crippen LogP contribution >= 0.6 is 0 Å². The molecule has 1 aliphatic carbocycles. The molecule has 2 N–H and O–H groups in total. The van der Waals surface area contributed by atoms with Crippen LogP contribution in [0.3, 0.4) is 0 Å². The molecule has 1 rings (SSSR count). The highest BCUT2D eigenvalue weighted by molar-refractivity contribution is 4.75. The lowest BCUT2D eigenvalue weighted by Crippen LogP contribution is -2.22. The fourth-order valence-corrected chi connectivity index (χ4v) is 2.16. The van der Waals surface area contributed by atoms with Gasteiger partial charge in [0.05, 0.1) is 0 Å². The molecule has 0 spiro atoms. The van der Waals surface area contributed by atoms with Crippen molar-refractivity contribution < 1.29 is 0 Å². The molecule has 1 aliphatic rings. The summed E-state index contributed by atoms with van der Waals surface area (Å²) in [5, 5.41) is 0. The van der Waals surface area contributed by atoms with Crippen LogP contribution < -0.4 is 5.73 Å². The van der Waals surface area contributed by atoms with Crippen molar-refractivity contribution in [2.75, 3.05) is 6.54 Å². The van der Waals surface area contributed by atoms with Gasteiger partial charge in [-0.3, -0.25) is 0 Å². The van der Waals surface area contributed by atoms with Gasteiger partial charge in [0, 0.05) is 0 Å².